The summed E-state index contributed by atoms with van der Waals surface area (Å²) in [4.78, 5) is 3.53. The summed E-state index contributed by atoms with van der Waals surface area (Å²) >= 11 is 0. The predicted molar refractivity (Wildman–Crippen MR) is 74.7 cm³/mol. The van der Waals surface area contributed by atoms with Gasteiger partial charge in [-0.1, -0.05) is 12.8 Å². The Morgan fingerprint density at radius 1 is 1.25 bits per heavy atom. The number of hydrogen-bond donors (Lipinski definition) is 2. The molecule has 0 radical (unpaired) electrons. The van der Waals surface area contributed by atoms with Gasteiger partial charge in [-0.2, -0.15) is 13.2 Å². The largest absolute Gasteiger partial charge is 0.417 e. The third kappa shape index (κ3) is 6.23. The van der Waals surface area contributed by atoms with E-state index in [2.05, 4.69) is 22.5 Å². The minimum absolute atomic E-state index is 0.419. The quantitative estimate of drug-likeness (QED) is 0.828. The van der Waals surface area contributed by atoms with Gasteiger partial charge in [0, 0.05) is 19.3 Å². The molecule has 0 aromatic carbocycles. The standard InChI is InChI=1S/C7H7F3N2.C7H15N/c1-11-6-3-2-5(4-12-6)7(8,9)10;1-7-5-3-2-4-6-8-7/h2-4H,1H3,(H,11,12);7-8H,2-6H2,1H3/t;7-/m.1/s1. The van der Waals surface area contributed by atoms with Gasteiger partial charge in [-0.05, 0) is 38.4 Å². The summed E-state index contributed by atoms with van der Waals surface area (Å²) in [5.74, 6) is 0.419. The SMILES string of the molecule is CNc1ccc(C(F)(F)F)cn1.C[C@@H]1CCCCCN1. The van der Waals surface area contributed by atoms with E-state index in [4.69, 9.17) is 0 Å². The van der Waals surface area contributed by atoms with Crippen molar-refractivity contribution in [3.8, 4) is 0 Å². The van der Waals surface area contributed by atoms with Crippen LogP contribution in [0, 0.1) is 0 Å². The number of nitrogens with one attached hydrogen (secondary N) is 2. The summed E-state index contributed by atoms with van der Waals surface area (Å²) in [6.07, 6.45) is 2.10. The van der Waals surface area contributed by atoms with Gasteiger partial charge in [0.05, 0.1) is 5.56 Å². The predicted octanol–water partition coefficient (Wildman–Crippen LogP) is 3.68. The summed E-state index contributed by atoms with van der Waals surface area (Å²) < 4.78 is 35.9. The number of nitrogens with zero attached hydrogens (tertiary/aromatic N) is 1. The number of aromatic nitrogens is 1. The van der Waals surface area contributed by atoms with Crippen LogP contribution in [0.15, 0.2) is 18.3 Å². The first-order chi connectivity index (χ1) is 9.43. The van der Waals surface area contributed by atoms with Crippen LogP contribution in [0.4, 0.5) is 19.0 Å². The number of anilines is 1. The fourth-order valence-electron chi connectivity index (χ4n) is 1.91. The molecule has 1 aliphatic heterocycles. The molecule has 20 heavy (non-hydrogen) atoms. The van der Waals surface area contributed by atoms with Gasteiger partial charge in [0.25, 0.3) is 0 Å². The first kappa shape index (κ1) is 16.8. The number of alkyl halides is 3. The van der Waals surface area contributed by atoms with Crippen LogP contribution in [-0.4, -0.2) is 24.6 Å². The minimum Gasteiger partial charge on any atom is -0.373 e. The Bertz CT molecular complexity index is 368. The van der Waals surface area contributed by atoms with Gasteiger partial charge in [-0.15, -0.1) is 0 Å². The normalized spacial score (nSPS) is 19.6. The van der Waals surface area contributed by atoms with Crippen LogP contribution in [0.1, 0.15) is 38.2 Å². The molecule has 3 nitrogen and oxygen atoms in total. The minimum atomic E-state index is -4.31. The van der Waals surface area contributed by atoms with Crippen LogP contribution in [0.25, 0.3) is 0 Å². The highest BCUT2D eigenvalue weighted by molar-refractivity contribution is 5.35. The topological polar surface area (TPSA) is 37.0 Å². The lowest BCUT2D eigenvalue weighted by Crippen LogP contribution is -2.24. The molecule has 6 heteroatoms. The Morgan fingerprint density at radius 3 is 2.55 bits per heavy atom. The molecular formula is C14H22F3N3. The molecule has 1 saturated heterocycles. The van der Waals surface area contributed by atoms with E-state index in [-0.39, 0.29) is 0 Å². The molecule has 0 saturated carbocycles. The molecule has 1 atom stereocenters. The lowest BCUT2D eigenvalue weighted by Gasteiger charge is -2.06. The lowest BCUT2D eigenvalue weighted by atomic mass is 10.1. The van der Waals surface area contributed by atoms with Crippen molar-refractivity contribution in [3.05, 3.63) is 23.9 Å². The van der Waals surface area contributed by atoms with Gasteiger partial charge >= 0.3 is 6.18 Å². The Labute approximate surface area is 118 Å². The first-order valence-corrected chi connectivity index (χ1v) is 6.88. The van der Waals surface area contributed by atoms with E-state index in [9.17, 15) is 13.2 Å². The molecule has 0 aliphatic carbocycles. The summed E-state index contributed by atoms with van der Waals surface area (Å²) in [6, 6.07) is 3.04. The Balaban J connectivity index is 0.000000217. The molecule has 0 spiro atoms. The van der Waals surface area contributed by atoms with Gasteiger partial charge in [0.2, 0.25) is 0 Å². The van der Waals surface area contributed by atoms with E-state index < -0.39 is 11.7 Å². The highest BCUT2D eigenvalue weighted by atomic mass is 19.4. The van der Waals surface area contributed by atoms with E-state index >= 15 is 0 Å². The van der Waals surface area contributed by atoms with Crippen LogP contribution in [-0.2, 0) is 6.18 Å². The fourth-order valence-corrected chi connectivity index (χ4v) is 1.91. The highest BCUT2D eigenvalue weighted by Crippen LogP contribution is 2.28. The van der Waals surface area contributed by atoms with Crippen LogP contribution in [0.2, 0.25) is 0 Å². The van der Waals surface area contributed by atoms with Crippen molar-refractivity contribution >= 4 is 5.82 Å². The van der Waals surface area contributed by atoms with Crippen molar-refractivity contribution in [1.29, 1.82) is 0 Å². The monoisotopic (exact) mass is 289 g/mol. The molecule has 2 rings (SSSR count). The van der Waals surface area contributed by atoms with E-state index in [1.807, 2.05) is 0 Å². The number of rotatable bonds is 1. The van der Waals surface area contributed by atoms with Crippen molar-refractivity contribution in [2.24, 2.45) is 0 Å². The van der Waals surface area contributed by atoms with Crippen molar-refractivity contribution in [1.82, 2.24) is 10.3 Å². The average Bonchev–Trinajstić information content (AvgIpc) is 2.66. The maximum absolute atomic E-state index is 12.0. The van der Waals surface area contributed by atoms with E-state index in [1.54, 1.807) is 7.05 Å². The van der Waals surface area contributed by atoms with Crippen molar-refractivity contribution in [2.45, 2.75) is 44.8 Å². The molecule has 2 heterocycles. The Hall–Kier alpha value is -1.30. The van der Waals surface area contributed by atoms with Crippen LogP contribution < -0.4 is 10.6 Å². The molecule has 1 fully saturated rings. The number of halogens is 3. The zero-order valence-electron chi connectivity index (χ0n) is 11.9. The van der Waals surface area contributed by atoms with E-state index in [0.29, 0.717) is 5.82 Å². The smallest absolute Gasteiger partial charge is 0.373 e. The first-order valence-electron chi connectivity index (χ1n) is 6.88. The van der Waals surface area contributed by atoms with Gasteiger partial charge in [-0.25, -0.2) is 4.98 Å². The molecule has 1 aromatic heterocycles. The third-order valence-corrected chi connectivity index (χ3v) is 3.15. The van der Waals surface area contributed by atoms with Crippen LogP contribution >= 0.6 is 0 Å². The van der Waals surface area contributed by atoms with E-state index in [0.717, 1.165) is 18.3 Å². The molecule has 114 valence electrons. The Morgan fingerprint density at radius 2 is 2.00 bits per heavy atom. The molecule has 0 unspecified atom stereocenters. The summed E-state index contributed by atoms with van der Waals surface area (Å²) in [7, 11) is 1.59. The summed E-state index contributed by atoms with van der Waals surface area (Å²) in [5, 5.41) is 6.07. The fraction of sp³-hybridized carbons (Fsp3) is 0.643. The highest BCUT2D eigenvalue weighted by Gasteiger charge is 2.30. The third-order valence-electron chi connectivity index (χ3n) is 3.15. The zero-order chi connectivity index (χ0) is 15.0. The number of hydrogen-bond acceptors (Lipinski definition) is 3. The molecule has 0 bridgehead atoms. The molecular weight excluding hydrogens is 267 g/mol. The van der Waals surface area contributed by atoms with Gasteiger partial charge in [0.1, 0.15) is 5.82 Å². The number of pyridine rings is 1. The van der Waals surface area contributed by atoms with Crippen molar-refractivity contribution in [2.75, 3.05) is 18.9 Å². The second-order valence-electron chi connectivity index (χ2n) is 4.88. The maximum atomic E-state index is 12.0. The summed E-state index contributed by atoms with van der Waals surface area (Å²) in [5.41, 5.74) is -0.735. The van der Waals surface area contributed by atoms with Gasteiger partial charge < -0.3 is 10.6 Å². The summed E-state index contributed by atoms with van der Waals surface area (Å²) in [6.45, 7) is 3.51. The zero-order valence-corrected chi connectivity index (χ0v) is 11.9. The molecule has 1 aliphatic rings. The second kappa shape index (κ2) is 8.09. The van der Waals surface area contributed by atoms with Gasteiger partial charge in [-0.3, -0.25) is 0 Å². The van der Waals surface area contributed by atoms with Crippen molar-refractivity contribution in [3.63, 3.8) is 0 Å². The van der Waals surface area contributed by atoms with Crippen LogP contribution in [0.3, 0.4) is 0 Å². The van der Waals surface area contributed by atoms with Crippen LogP contribution in [0.5, 0.6) is 0 Å². The maximum Gasteiger partial charge on any atom is 0.417 e. The lowest BCUT2D eigenvalue weighted by molar-refractivity contribution is -0.137. The van der Waals surface area contributed by atoms with Crippen molar-refractivity contribution < 1.29 is 13.2 Å². The Kier molecular flexibility index (Phi) is 6.78. The average molecular weight is 289 g/mol. The molecule has 0 amide bonds. The second-order valence-corrected chi connectivity index (χ2v) is 4.88. The van der Waals surface area contributed by atoms with Gasteiger partial charge in [0.15, 0.2) is 0 Å². The molecule has 1 aromatic rings. The van der Waals surface area contributed by atoms with E-state index in [1.165, 1.54) is 38.3 Å². The molecule has 2 N–H and O–H groups in total.